The molecule has 0 saturated carbocycles. The summed E-state index contributed by atoms with van der Waals surface area (Å²) in [5.74, 6) is 0.987. The van der Waals surface area contributed by atoms with E-state index in [4.69, 9.17) is 4.43 Å². The van der Waals surface area contributed by atoms with E-state index in [1.165, 1.54) is 12.5 Å². The van der Waals surface area contributed by atoms with Crippen LogP contribution in [-0.4, -0.2) is 20.7 Å². The Hall–Kier alpha value is 0.527. The molecule has 0 rings (SSSR count). The van der Waals surface area contributed by atoms with E-state index in [1.54, 1.807) is 0 Å². The summed E-state index contributed by atoms with van der Waals surface area (Å²) in [7, 11) is -1.52. The Balaban J connectivity index is 4.56. The van der Waals surface area contributed by atoms with Crippen molar-refractivity contribution in [3.05, 3.63) is 0 Å². The minimum absolute atomic E-state index is 0.710. The highest BCUT2D eigenvalue weighted by atomic mass is 32.1. The Morgan fingerprint density at radius 2 is 1.64 bits per heavy atom. The van der Waals surface area contributed by atoms with Gasteiger partial charge < -0.3 is 4.43 Å². The summed E-state index contributed by atoms with van der Waals surface area (Å²) in [6.07, 6.45) is 1.20. The predicted octanol–water partition coefficient (Wildman–Crippen LogP) is 4.11. The van der Waals surface area contributed by atoms with Crippen LogP contribution in [0.4, 0.5) is 0 Å². The fraction of sp³-hybridized carbons (Fsp3) is 1.00. The Morgan fingerprint density at radius 3 is 1.93 bits per heavy atom. The Labute approximate surface area is 96.2 Å². The predicted molar refractivity (Wildman–Crippen MR) is 70.9 cm³/mol. The van der Waals surface area contributed by atoms with Crippen molar-refractivity contribution in [2.24, 2.45) is 0 Å². The lowest BCUT2D eigenvalue weighted by atomic mass is 10.5. The molecule has 0 amide bonds. The van der Waals surface area contributed by atoms with Crippen LogP contribution >= 0.6 is 12.6 Å². The molecule has 3 heteroatoms. The second-order valence-electron chi connectivity index (χ2n) is 4.52. The first-order valence-electron chi connectivity index (χ1n) is 5.76. The standard InChI is InChI=1S/C11H26OSSi/c1-6-12-14(10(2)3,11(4)5)9-7-8-13/h10-11,13H,6-9H2,1-5H3. The van der Waals surface area contributed by atoms with Gasteiger partial charge in [-0.25, -0.2) is 0 Å². The monoisotopic (exact) mass is 234 g/mol. The zero-order valence-electron chi connectivity index (χ0n) is 10.3. The molecule has 0 bridgehead atoms. The molecule has 1 nitrogen and oxygen atoms in total. The molecular formula is C11H26OSSi. The molecular weight excluding hydrogens is 208 g/mol. The van der Waals surface area contributed by atoms with Crippen LogP contribution < -0.4 is 0 Å². The molecule has 0 aliphatic carbocycles. The molecule has 0 heterocycles. The van der Waals surface area contributed by atoms with Crippen molar-refractivity contribution in [2.45, 2.75) is 58.2 Å². The lowest BCUT2D eigenvalue weighted by Crippen LogP contribution is -2.44. The highest BCUT2D eigenvalue weighted by molar-refractivity contribution is 7.80. The third-order valence-corrected chi connectivity index (χ3v) is 9.28. The molecule has 0 unspecified atom stereocenters. The molecule has 0 N–H and O–H groups in total. The third-order valence-electron chi connectivity index (χ3n) is 3.09. The van der Waals surface area contributed by atoms with Crippen molar-refractivity contribution >= 4 is 20.9 Å². The van der Waals surface area contributed by atoms with E-state index in [0.29, 0.717) is 11.1 Å². The molecule has 0 saturated heterocycles. The molecule has 14 heavy (non-hydrogen) atoms. The zero-order chi connectivity index (χ0) is 11.2. The van der Waals surface area contributed by atoms with Crippen molar-refractivity contribution in [1.29, 1.82) is 0 Å². The average molecular weight is 234 g/mol. The lowest BCUT2D eigenvalue weighted by Gasteiger charge is -2.38. The van der Waals surface area contributed by atoms with Crippen molar-refractivity contribution < 1.29 is 4.43 Å². The van der Waals surface area contributed by atoms with E-state index >= 15 is 0 Å². The Morgan fingerprint density at radius 1 is 1.14 bits per heavy atom. The molecule has 0 aliphatic heterocycles. The number of hydrogen-bond donors (Lipinski definition) is 1. The molecule has 0 aromatic heterocycles. The first kappa shape index (κ1) is 14.5. The minimum atomic E-state index is -1.52. The molecule has 0 atom stereocenters. The van der Waals surface area contributed by atoms with Crippen molar-refractivity contribution in [3.63, 3.8) is 0 Å². The van der Waals surface area contributed by atoms with Gasteiger partial charge in [-0.3, -0.25) is 0 Å². The van der Waals surface area contributed by atoms with Crippen LogP contribution in [-0.2, 0) is 4.43 Å². The van der Waals surface area contributed by atoms with Crippen molar-refractivity contribution in [3.8, 4) is 0 Å². The second-order valence-corrected chi connectivity index (χ2v) is 9.98. The van der Waals surface area contributed by atoms with Crippen LogP contribution in [0.3, 0.4) is 0 Å². The van der Waals surface area contributed by atoms with Gasteiger partial charge in [-0.05, 0) is 36.2 Å². The van der Waals surface area contributed by atoms with Gasteiger partial charge in [0, 0.05) is 6.61 Å². The second kappa shape index (κ2) is 6.91. The van der Waals surface area contributed by atoms with Crippen LogP contribution in [0.1, 0.15) is 41.0 Å². The SMILES string of the molecule is CCO[Si](CCCS)(C(C)C)C(C)C. The molecule has 0 aromatic carbocycles. The van der Waals surface area contributed by atoms with E-state index in [0.717, 1.165) is 12.4 Å². The van der Waals surface area contributed by atoms with E-state index in [2.05, 4.69) is 47.2 Å². The zero-order valence-corrected chi connectivity index (χ0v) is 12.2. The summed E-state index contributed by atoms with van der Waals surface area (Å²) in [4.78, 5) is 0. The molecule has 0 fully saturated rings. The Bertz CT molecular complexity index is 140. The van der Waals surface area contributed by atoms with E-state index < -0.39 is 8.32 Å². The smallest absolute Gasteiger partial charge is 0.197 e. The van der Waals surface area contributed by atoms with Crippen molar-refractivity contribution in [2.75, 3.05) is 12.4 Å². The molecule has 86 valence electrons. The summed E-state index contributed by atoms with van der Waals surface area (Å²) in [6.45, 7) is 12.3. The van der Waals surface area contributed by atoms with Gasteiger partial charge in [0.1, 0.15) is 0 Å². The van der Waals surface area contributed by atoms with Crippen LogP contribution in [0.15, 0.2) is 0 Å². The van der Waals surface area contributed by atoms with Crippen LogP contribution in [0.25, 0.3) is 0 Å². The van der Waals surface area contributed by atoms with Gasteiger partial charge in [-0.1, -0.05) is 27.7 Å². The number of thiol groups is 1. The largest absolute Gasteiger partial charge is 0.417 e. The quantitative estimate of drug-likeness (QED) is 0.515. The lowest BCUT2D eigenvalue weighted by molar-refractivity contribution is 0.303. The normalized spacial score (nSPS) is 12.9. The molecule has 0 aromatic rings. The van der Waals surface area contributed by atoms with Gasteiger partial charge in [-0.15, -0.1) is 0 Å². The van der Waals surface area contributed by atoms with Gasteiger partial charge in [0.15, 0.2) is 8.32 Å². The fourth-order valence-corrected chi connectivity index (χ4v) is 7.30. The third kappa shape index (κ3) is 3.59. The van der Waals surface area contributed by atoms with E-state index in [1.807, 2.05) is 0 Å². The summed E-state index contributed by atoms with van der Waals surface area (Å²) >= 11 is 4.30. The fourth-order valence-electron chi connectivity index (χ4n) is 2.27. The number of rotatable bonds is 7. The Kier molecular flexibility index (Phi) is 7.17. The summed E-state index contributed by atoms with van der Waals surface area (Å²) in [6, 6.07) is 1.26. The van der Waals surface area contributed by atoms with Crippen LogP contribution in [0.5, 0.6) is 0 Å². The summed E-state index contributed by atoms with van der Waals surface area (Å²) in [5, 5.41) is 0. The molecule has 0 radical (unpaired) electrons. The van der Waals surface area contributed by atoms with Gasteiger partial charge in [0.05, 0.1) is 0 Å². The highest BCUT2D eigenvalue weighted by Crippen LogP contribution is 2.37. The summed E-state index contributed by atoms with van der Waals surface area (Å²) in [5.41, 5.74) is 1.42. The van der Waals surface area contributed by atoms with Crippen LogP contribution in [0.2, 0.25) is 17.1 Å². The molecule has 0 spiro atoms. The topological polar surface area (TPSA) is 9.23 Å². The first-order valence-corrected chi connectivity index (χ1v) is 8.66. The van der Waals surface area contributed by atoms with Crippen LogP contribution in [0, 0.1) is 0 Å². The van der Waals surface area contributed by atoms with Gasteiger partial charge in [-0.2, -0.15) is 12.6 Å². The van der Waals surface area contributed by atoms with Gasteiger partial charge in [0.25, 0.3) is 0 Å². The maximum absolute atomic E-state index is 6.16. The maximum atomic E-state index is 6.16. The van der Waals surface area contributed by atoms with E-state index in [-0.39, 0.29) is 0 Å². The first-order chi connectivity index (χ1) is 6.51. The van der Waals surface area contributed by atoms with E-state index in [9.17, 15) is 0 Å². The average Bonchev–Trinajstić information content (AvgIpc) is 2.11. The van der Waals surface area contributed by atoms with Gasteiger partial charge in [0.2, 0.25) is 0 Å². The van der Waals surface area contributed by atoms with Gasteiger partial charge >= 0.3 is 0 Å². The highest BCUT2D eigenvalue weighted by Gasteiger charge is 2.40. The van der Waals surface area contributed by atoms with Crippen molar-refractivity contribution in [1.82, 2.24) is 0 Å². The molecule has 0 aliphatic rings. The summed E-state index contributed by atoms with van der Waals surface area (Å²) < 4.78 is 6.16. The minimum Gasteiger partial charge on any atom is -0.417 e. The maximum Gasteiger partial charge on any atom is 0.197 e. The number of hydrogen-bond acceptors (Lipinski definition) is 2.